The highest BCUT2D eigenvalue weighted by molar-refractivity contribution is 7.47. The molecular formula is C52H92NO8P. The minimum atomic E-state index is -4.37. The summed E-state index contributed by atoms with van der Waals surface area (Å²) in [6.07, 6.45) is 59.7. The number of carbonyl (C=O) groups excluding carboxylic acids is 2. The molecule has 62 heavy (non-hydrogen) atoms. The quantitative estimate of drug-likeness (QED) is 0.0265. The molecule has 0 saturated heterocycles. The molecule has 0 aliphatic carbocycles. The second kappa shape index (κ2) is 47.9. The predicted octanol–water partition coefficient (Wildman–Crippen LogP) is 15.0. The Morgan fingerprint density at radius 1 is 0.500 bits per heavy atom. The van der Waals surface area contributed by atoms with Gasteiger partial charge in [0.15, 0.2) is 6.10 Å². The van der Waals surface area contributed by atoms with Gasteiger partial charge in [0.25, 0.3) is 0 Å². The third-order valence-corrected chi connectivity index (χ3v) is 11.3. The van der Waals surface area contributed by atoms with Gasteiger partial charge in [-0.15, -0.1) is 0 Å². The molecular weight excluding hydrogens is 798 g/mol. The first-order chi connectivity index (χ1) is 30.3. The van der Waals surface area contributed by atoms with Crippen LogP contribution in [0, 0.1) is 0 Å². The van der Waals surface area contributed by atoms with Crippen LogP contribution in [-0.4, -0.2) is 49.3 Å². The van der Waals surface area contributed by atoms with Crippen molar-refractivity contribution in [2.45, 2.75) is 219 Å². The third-order valence-electron chi connectivity index (χ3n) is 10.4. The highest BCUT2D eigenvalue weighted by Gasteiger charge is 2.26. The standard InChI is InChI=1S/C52H92NO8P/c1-3-5-7-9-11-13-14-15-16-17-18-19-20-21-22-23-24-25-26-27-28-29-30-31-32-33-34-35-36-37-39-41-43-45-52(55)61-50(49-60-62(56,57)59-47-46-53)48-58-51(54)44-42-40-38-12-10-8-6-4-2/h5,7,11,13,15-16,18-19,21-22,24-25,50H,3-4,6,8-10,12,14,17,20,23,26-49,53H2,1-2H3,(H,56,57)/b7-5-,13-11-,16-15-,19-18-,22-21-,25-24-. The van der Waals surface area contributed by atoms with Crippen LogP contribution in [0.2, 0.25) is 0 Å². The van der Waals surface area contributed by atoms with E-state index in [4.69, 9.17) is 24.3 Å². The molecule has 10 heteroatoms. The van der Waals surface area contributed by atoms with Crippen LogP contribution in [0.3, 0.4) is 0 Å². The summed E-state index contributed by atoms with van der Waals surface area (Å²) in [7, 11) is -4.37. The molecule has 3 N–H and O–H groups in total. The molecule has 0 aromatic rings. The van der Waals surface area contributed by atoms with Crippen molar-refractivity contribution >= 4 is 19.8 Å². The number of unbranched alkanes of at least 4 members (excludes halogenated alkanes) is 21. The number of hydrogen-bond donors (Lipinski definition) is 2. The van der Waals surface area contributed by atoms with E-state index in [1.807, 2.05) is 0 Å². The molecule has 0 aromatic carbocycles. The number of esters is 2. The van der Waals surface area contributed by atoms with E-state index in [2.05, 4.69) is 86.8 Å². The Bertz CT molecular complexity index is 1240. The smallest absolute Gasteiger partial charge is 0.462 e. The molecule has 0 spiro atoms. The monoisotopic (exact) mass is 890 g/mol. The van der Waals surface area contributed by atoms with E-state index in [1.165, 1.54) is 103 Å². The number of ether oxygens (including phenoxy) is 2. The largest absolute Gasteiger partial charge is 0.472 e. The predicted molar refractivity (Wildman–Crippen MR) is 261 cm³/mol. The van der Waals surface area contributed by atoms with E-state index in [-0.39, 0.29) is 38.6 Å². The van der Waals surface area contributed by atoms with Crippen LogP contribution < -0.4 is 5.73 Å². The maximum atomic E-state index is 12.6. The van der Waals surface area contributed by atoms with Crippen molar-refractivity contribution < 1.29 is 37.6 Å². The first-order valence-corrected chi connectivity index (χ1v) is 26.4. The summed E-state index contributed by atoms with van der Waals surface area (Å²) in [6, 6.07) is 0. The van der Waals surface area contributed by atoms with Crippen LogP contribution in [0.25, 0.3) is 0 Å². The van der Waals surface area contributed by atoms with Crippen molar-refractivity contribution in [2.75, 3.05) is 26.4 Å². The van der Waals surface area contributed by atoms with Crippen molar-refractivity contribution in [3.05, 3.63) is 72.9 Å². The zero-order valence-corrected chi connectivity index (χ0v) is 40.5. The highest BCUT2D eigenvalue weighted by Crippen LogP contribution is 2.43. The van der Waals surface area contributed by atoms with Gasteiger partial charge in [-0.1, -0.05) is 209 Å². The third kappa shape index (κ3) is 46.9. The summed E-state index contributed by atoms with van der Waals surface area (Å²) in [5.74, 6) is -0.832. The van der Waals surface area contributed by atoms with E-state index in [9.17, 15) is 19.0 Å². The number of allylic oxidation sites excluding steroid dienone is 12. The Morgan fingerprint density at radius 3 is 1.32 bits per heavy atom. The van der Waals surface area contributed by atoms with Crippen LogP contribution in [0.15, 0.2) is 72.9 Å². The van der Waals surface area contributed by atoms with Crippen LogP contribution in [-0.2, 0) is 32.7 Å². The second-order valence-corrected chi connectivity index (χ2v) is 17.8. The van der Waals surface area contributed by atoms with Crippen molar-refractivity contribution in [2.24, 2.45) is 5.73 Å². The topological polar surface area (TPSA) is 134 Å². The molecule has 2 atom stereocenters. The van der Waals surface area contributed by atoms with Gasteiger partial charge in [-0.05, 0) is 64.2 Å². The van der Waals surface area contributed by atoms with Gasteiger partial charge in [0, 0.05) is 19.4 Å². The van der Waals surface area contributed by atoms with Gasteiger partial charge in [0.2, 0.25) is 0 Å². The molecule has 2 unspecified atom stereocenters. The molecule has 0 amide bonds. The van der Waals surface area contributed by atoms with E-state index >= 15 is 0 Å². The summed E-state index contributed by atoms with van der Waals surface area (Å²) in [6.45, 7) is 3.58. The van der Waals surface area contributed by atoms with Crippen molar-refractivity contribution in [1.82, 2.24) is 0 Å². The summed E-state index contributed by atoms with van der Waals surface area (Å²) in [4.78, 5) is 34.8. The van der Waals surface area contributed by atoms with Crippen molar-refractivity contribution in [1.29, 1.82) is 0 Å². The van der Waals surface area contributed by atoms with Crippen LogP contribution in [0.4, 0.5) is 0 Å². The molecule has 0 aromatic heterocycles. The molecule has 0 fully saturated rings. The number of hydrogen-bond acceptors (Lipinski definition) is 8. The Labute approximate surface area is 380 Å². The first-order valence-electron chi connectivity index (χ1n) is 24.9. The number of phosphoric acid groups is 1. The summed E-state index contributed by atoms with van der Waals surface area (Å²) < 4.78 is 32.7. The minimum Gasteiger partial charge on any atom is -0.462 e. The zero-order valence-electron chi connectivity index (χ0n) is 39.6. The van der Waals surface area contributed by atoms with Crippen LogP contribution in [0.1, 0.15) is 213 Å². The minimum absolute atomic E-state index is 0.0524. The lowest BCUT2D eigenvalue weighted by Gasteiger charge is -2.19. The number of carbonyl (C=O) groups is 2. The normalized spacial score (nSPS) is 13.8. The molecule has 0 saturated carbocycles. The molecule has 358 valence electrons. The summed E-state index contributed by atoms with van der Waals surface area (Å²) in [5.41, 5.74) is 5.35. The molecule has 9 nitrogen and oxygen atoms in total. The van der Waals surface area contributed by atoms with Gasteiger partial charge in [0.1, 0.15) is 6.61 Å². The number of phosphoric ester groups is 1. The first kappa shape index (κ1) is 59.5. The van der Waals surface area contributed by atoms with Gasteiger partial charge in [-0.2, -0.15) is 0 Å². The fraction of sp³-hybridized carbons (Fsp3) is 0.731. The highest BCUT2D eigenvalue weighted by atomic mass is 31.2. The van der Waals surface area contributed by atoms with E-state index < -0.39 is 26.5 Å². The second-order valence-electron chi connectivity index (χ2n) is 16.3. The average molecular weight is 890 g/mol. The Balaban J connectivity index is 3.87. The fourth-order valence-electron chi connectivity index (χ4n) is 6.70. The van der Waals surface area contributed by atoms with Crippen LogP contribution >= 0.6 is 7.82 Å². The lowest BCUT2D eigenvalue weighted by atomic mass is 10.0. The summed E-state index contributed by atoms with van der Waals surface area (Å²) >= 11 is 0. The van der Waals surface area contributed by atoms with Gasteiger partial charge in [0.05, 0.1) is 13.2 Å². The molecule has 0 aliphatic rings. The maximum absolute atomic E-state index is 12.6. The van der Waals surface area contributed by atoms with Gasteiger partial charge >= 0.3 is 19.8 Å². The maximum Gasteiger partial charge on any atom is 0.472 e. The Kier molecular flexibility index (Phi) is 45.9. The molecule has 0 aliphatic heterocycles. The lowest BCUT2D eigenvalue weighted by molar-refractivity contribution is -0.161. The Hall–Kier alpha value is -2.55. The lowest BCUT2D eigenvalue weighted by Crippen LogP contribution is -2.29. The van der Waals surface area contributed by atoms with Gasteiger partial charge in [-0.25, -0.2) is 4.57 Å². The molecule has 0 radical (unpaired) electrons. The number of rotatable bonds is 46. The fourth-order valence-corrected chi connectivity index (χ4v) is 7.46. The molecule has 0 rings (SSSR count). The number of nitrogens with two attached hydrogens (primary N) is 1. The van der Waals surface area contributed by atoms with Crippen molar-refractivity contribution in [3.8, 4) is 0 Å². The average Bonchev–Trinajstić information content (AvgIpc) is 3.26. The van der Waals surface area contributed by atoms with Gasteiger partial charge < -0.3 is 20.1 Å². The van der Waals surface area contributed by atoms with E-state index in [0.717, 1.165) is 77.0 Å². The van der Waals surface area contributed by atoms with E-state index in [1.54, 1.807) is 0 Å². The molecule has 0 bridgehead atoms. The van der Waals surface area contributed by atoms with E-state index in [0.29, 0.717) is 6.42 Å². The SMILES string of the molecule is CC/C=C\C/C=C\C/C=C\C/C=C\C/C=C\C/C=C\CCCCCCCCCCCCCCCCC(=O)OC(COC(=O)CCCCCCCCCC)COP(=O)(O)OCCN. The Morgan fingerprint density at radius 2 is 0.887 bits per heavy atom. The zero-order chi connectivity index (χ0) is 45.3. The van der Waals surface area contributed by atoms with Gasteiger partial charge in [-0.3, -0.25) is 18.6 Å². The molecule has 0 heterocycles. The van der Waals surface area contributed by atoms with Crippen LogP contribution in [0.5, 0.6) is 0 Å². The van der Waals surface area contributed by atoms with Crippen molar-refractivity contribution in [3.63, 3.8) is 0 Å². The summed E-state index contributed by atoms with van der Waals surface area (Å²) in [5, 5.41) is 0.